The maximum atomic E-state index is 5.93. The minimum Gasteiger partial charge on any atom is -0.496 e. The molecule has 8 nitrogen and oxygen atoms in total. The third-order valence-electron chi connectivity index (χ3n) is 8.71. The van der Waals surface area contributed by atoms with E-state index in [9.17, 15) is 0 Å². The second kappa shape index (κ2) is 15.1. The normalized spacial score (nSPS) is 19.1. The van der Waals surface area contributed by atoms with Gasteiger partial charge in [-0.1, -0.05) is 31.5 Å². The van der Waals surface area contributed by atoms with Crippen molar-refractivity contribution in [1.82, 2.24) is 20.2 Å². The van der Waals surface area contributed by atoms with Crippen molar-refractivity contribution in [2.45, 2.75) is 70.9 Å². The van der Waals surface area contributed by atoms with Gasteiger partial charge in [0.05, 0.1) is 24.4 Å². The number of anilines is 1. The molecule has 3 aromatic rings. The minimum absolute atomic E-state index is 0.151. The van der Waals surface area contributed by atoms with Crippen LogP contribution in [0.4, 0.5) is 5.95 Å². The Hall–Kier alpha value is -2.78. The molecule has 0 bridgehead atoms. The van der Waals surface area contributed by atoms with Crippen LogP contribution in [0.15, 0.2) is 36.4 Å². The summed E-state index contributed by atoms with van der Waals surface area (Å²) in [6, 6.07) is 13.2. The summed E-state index contributed by atoms with van der Waals surface area (Å²) in [7, 11) is 3.52. The van der Waals surface area contributed by atoms with E-state index in [0.29, 0.717) is 12.5 Å². The molecule has 2 aliphatic heterocycles. The zero-order valence-electron chi connectivity index (χ0n) is 26.0. The highest BCUT2D eigenvalue weighted by Crippen LogP contribution is 2.34. The van der Waals surface area contributed by atoms with Gasteiger partial charge in [-0.05, 0) is 81.4 Å². The zero-order chi connectivity index (χ0) is 29.3. The average molecular weight is 576 g/mol. The van der Waals surface area contributed by atoms with Crippen LogP contribution in [0, 0.1) is 0 Å². The number of nitrogens with one attached hydrogen (secondary N) is 1. The maximum absolute atomic E-state index is 5.93. The van der Waals surface area contributed by atoms with Gasteiger partial charge in [0.15, 0.2) is 0 Å². The van der Waals surface area contributed by atoms with Gasteiger partial charge in [-0.2, -0.15) is 0 Å². The molecule has 42 heavy (non-hydrogen) atoms. The van der Waals surface area contributed by atoms with Crippen molar-refractivity contribution in [2.24, 2.45) is 0 Å². The van der Waals surface area contributed by atoms with Gasteiger partial charge >= 0.3 is 0 Å². The smallest absolute Gasteiger partial charge is 0.226 e. The van der Waals surface area contributed by atoms with Crippen LogP contribution in [0.25, 0.3) is 22.0 Å². The van der Waals surface area contributed by atoms with E-state index in [1.807, 2.05) is 0 Å². The lowest BCUT2D eigenvalue weighted by atomic mass is 9.93. The van der Waals surface area contributed by atoms with E-state index in [0.717, 1.165) is 91.6 Å². The molecule has 3 heterocycles. The van der Waals surface area contributed by atoms with Gasteiger partial charge < -0.3 is 24.4 Å². The Kier molecular flexibility index (Phi) is 11.0. The van der Waals surface area contributed by atoms with Gasteiger partial charge in [-0.25, -0.2) is 9.97 Å². The number of piperidine rings is 1. The number of fused-ring (bicyclic) bond motifs is 1. The molecule has 1 aromatic heterocycles. The van der Waals surface area contributed by atoms with Crippen molar-refractivity contribution < 1.29 is 14.2 Å². The summed E-state index contributed by atoms with van der Waals surface area (Å²) in [5.41, 5.74) is 5.59. The number of nitrogens with zero attached hydrogens (tertiary/aromatic N) is 4. The Morgan fingerprint density at radius 1 is 1.00 bits per heavy atom. The summed E-state index contributed by atoms with van der Waals surface area (Å²) in [6.45, 7) is 11.6. The lowest BCUT2D eigenvalue weighted by Crippen LogP contribution is -2.37. The second-order valence-corrected chi connectivity index (χ2v) is 11.8. The molecule has 0 radical (unpaired) electrons. The molecule has 2 unspecified atom stereocenters. The summed E-state index contributed by atoms with van der Waals surface area (Å²) >= 11 is 0. The predicted octanol–water partition coefficient (Wildman–Crippen LogP) is 5.98. The number of hydrogen-bond donors (Lipinski definition) is 1. The largest absolute Gasteiger partial charge is 0.496 e. The molecule has 2 aromatic carbocycles. The molecule has 2 atom stereocenters. The van der Waals surface area contributed by atoms with Gasteiger partial charge in [0, 0.05) is 63.5 Å². The number of hydrogen-bond acceptors (Lipinski definition) is 8. The first kappa shape index (κ1) is 30.7. The topological polar surface area (TPSA) is 72.0 Å². The Morgan fingerprint density at radius 2 is 1.81 bits per heavy atom. The first-order valence-electron chi connectivity index (χ1n) is 15.9. The van der Waals surface area contributed by atoms with Crippen molar-refractivity contribution in [3.05, 3.63) is 47.7 Å². The molecule has 0 aliphatic carbocycles. The van der Waals surface area contributed by atoms with Crippen LogP contribution in [0.5, 0.6) is 5.75 Å². The molecule has 5 rings (SSSR count). The zero-order valence-corrected chi connectivity index (χ0v) is 26.0. The van der Waals surface area contributed by atoms with Crippen LogP contribution < -0.4 is 15.0 Å². The quantitative estimate of drug-likeness (QED) is 0.283. The van der Waals surface area contributed by atoms with E-state index in [2.05, 4.69) is 65.4 Å². The van der Waals surface area contributed by atoms with Crippen LogP contribution in [-0.2, 0) is 16.0 Å². The highest BCUT2D eigenvalue weighted by molar-refractivity contribution is 5.87. The van der Waals surface area contributed by atoms with E-state index in [1.165, 1.54) is 37.9 Å². The molecule has 8 heteroatoms. The van der Waals surface area contributed by atoms with Crippen LogP contribution in [0.2, 0.25) is 0 Å². The first-order chi connectivity index (χ1) is 20.6. The van der Waals surface area contributed by atoms with E-state index in [-0.39, 0.29) is 6.10 Å². The summed E-state index contributed by atoms with van der Waals surface area (Å²) in [6.07, 6.45) is 7.01. The number of likely N-dealkylation sites (tertiary alicyclic amines) is 1. The van der Waals surface area contributed by atoms with Gasteiger partial charge in [0.25, 0.3) is 0 Å². The fourth-order valence-corrected chi connectivity index (χ4v) is 6.31. The number of benzene rings is 2. The third kappa shape index (κ3) is 7.59. The van der Waals surface area contributed by atoms with Crippen molar-refractivity contribution in [1.29, 1.82) is 0 Å². The summed E-state index contributed by atoms with van der Waals surface area (Å²) in [5.74, 6) is 2.03. The highest BCUT2D eigenvalue weighted by Gasteiger charge is 2.22. The molecular formula is C34H49N5O3. The Morgan fingerprint density at radius 3 is 2.60 bits per heavy atom. The fourth-order valence-electron chi connectivity index (χ4n) is 6.31. The maximum Gasteiger partial charge on any atom is 0.226 e. The second-order valence-electron chi connectivity index (χ2n) is 11.8. The van der Waals surface area contributed by atoms with E-state index >= 15 is 0 Å². The van der Waals surface area contributed by atoms with Crippen LogP contribution in [-0.4, -0.2) is 81.3 Å². The summed E-state index contributed by atoms with van der Waals surface area (Å²) in [5, 5.41) is 4.78. The number of aromatic nitrogens is 2. The highest BCUT2D eigenvalue weighted by atomic mass is 16.5. The van der Waals surface area contributed by atoms with Gasteiger partial charge in [0.2, 0.25) is 5.95 Å². The molecule has 2 saturated heterocycles. The lowest BCUT2D eigenvalue weighted by molar-refractivity contribution is 0.0820. The van der Waals surface area contributed by atoms with Crippen LogP contribution in [0.1, 0.15) is 69.5 Å². The minimum atomic E-state index is 0.151. The molecule has 0 amide bonds. The van der Waals surface area contributed by atoms with Gasteiger partial charge in [-0.15, -0.1) is 0 Å². The van der Waals surface area contributed by atoms with Crippen molar-refractivity contribution in [2.75, 3.05) is 65.2 Å². The third-order valence-corrected chi connectivity index (χ3v) is 8.71. The number of rotatable bonds is 12. The monoisotopic (exact) mass is 575 g/mol. The SMILES string of the molecule is CCC(CCOC)c1nc(N2CCCOC(C)C2)nc2cc(-c3ccc(OC)c(CNCN4CCCCC4)c3)ccc12. The van der Waals surface area contributed by atoms with Gasteiger partial charge in [-0.3, -0.25) is 4.90 Å². The Bertz CT molecular complexity index is 1300. The number of ether oxygens (including phenoxy) is 3. The molecule has 2 fully saturated rings. The molecule has 2 aliphatic rings. The van der Waals surface area contributed by atoms with Gasteiger partial charge in [0.1, 0.15) is 5.75 Å². The van der Waals surface area contributed by atoms with Crippen molar-refractivity contribution >= 4 is 16.9 Å². The predicted molar refractivity (Wildman–Crippen MR) is 170 cm³/mol. The Balaban J connectivity index is 1.47. The first-order valence-corrected chi connectivity index (χ1v) is 15.9. The standard InChI is InChI=1S/C34H49N5O3/c1-5-26(14-19-40-3)33-30-12-10-28(21-31(30)36-34(37-33)39-17-9-18-42-25(2)23-39)27-11-13-32(41-4)29(20-27)22-35-24-38-15-7-6-8-16-38/h10-13,20-21,25-26,35H,5-9,14-19,22-24H2,1-4H3. The Labute approximate surface area is 251 Å². The molecule has 0 spiro atoms. The number of methoxy groups -OCH3 is 2. The van der Waals surface area contributed by atoms with Crippen LogP contribution in [0.3, 0.4) is 0 Å². The fraction of sp³-hybridized carbons (Fsp3) is 0.588. The van der Waals surface area contributed by atoms with Crippen molar-refractivity contribution in [3.8, 4) is 16.9 Å². The molecule has 0 saturated carbocycles. The van der Waals surface area contributed by atoms with E-state index in [4.69, 9.17) is 24.2 Å². The van der Waals surface area contributed by atoms with Crippen molar-refractivity contribution in [3.63, 3.8) is 0 Å². The lowest BCUT2D eigenvalue weighted by Gasteiger charge is -2.26. The summed E-state index contributed by atoms with van der Waals surface area (Å²) in [4.78, 5) is 15.2. The summed E-state index contributed by atoms with van der Waals surface area (Å²) < 4.78 is 17.1. The molecule has 228 valence electrons. The molecule has 1 N–H and O–H groups in total. The average Bonchev–Trinajstić information content (AvgIpc) is 3.25. The van der Waals surface area contributed by atoms with E-state index < -0.39 is 0 Å². The van der Waals surface area contributed by atoms with E-state index in [1.54, 1.807) is 14.2 Å². The molecular weight excluding hydrogens is 526 g/mol. The van der Waals surface area contributed by atoms with Crippen LogP contribution >= 0.6 is 0 Å².